The zero-order valence-electron chi connectivity index (χ0n) is 17.4. The number of para-hydroxylation sites is 1. The number of hydrogen-bond acceptors (Lipinski definition) is 6. The van der Waals surface area contributed by atoms with Gasteiger partial charge in [-0.15, -0.1) is 0 Å². The Bertz CT molecular complexity index is 1180. The van der Waals surface area contributed by atoms with E-state index in [9.17, 15) is 9.59 Å². The molecule has 0 spiro atoms. The molecule has 1 aliphatic heterocycles. The summed E-state index contributed by atoms with van der Waals surface area (Å²) in [5, 5.41) is 6.51. The number of carbonyl (C=O) groups is 2. The molecule has 3 aromatic carbocycles. The molecule has 3 aromatic rings. The molecule has 0 unspecified atom stereocenters. The van der Waals surface area contributed by atoms with Gasteiger partial charge in [0.25, 0.3) is 11.8 Å². The first-order chi connectivity index (χ1) is 16.1. The minimum atomic E-state index is -0.464. The van der Waals surface area contributed by atoms with Gasteiger partial charge in [0.1, 0.15) is 12.4 Å². The van der Waals surface area contributed by atoms with Gasteiger partial charge in [-0.1, -0.05) is 40.2 Å². The van der Waals surface area contributed by atoms with Crippen LogP contribution in [0, 0.1) is 0 Å². The van der Waals surface area contributed by atoms with Crippen molar-refractivity contribution in [2.45, 2.75) is 6.61 Å². The molecular formula is C24H20BrN3O5. The molecule has 0 bridgehead atoms. The third kappa shape index (κ3) is 6.11. The van der Waals surface area contributed by atoms with Crippen LogP contribution in [-0.2, 0) is 11.4 Å². The van der Waals surface area contributed by atoms with Crippen LogP contribution in [0.1, 0.15) is 21.5 Å². The summed E-state index contributed by atoms with van der Waals surface area (Å²) in [6, 6.07) is 20.0. The Balaban J connectivity index is 1.27. The number of nitrogens with one attached hydrogen (secondary N) is 2. The van der Waals surface area contributed by atoms with Gasteiger partial charge in [0.05, 0.1) is 12.8 Å². The number of hydrogen-bond donors (Lipinski definition) is 2. The highest BCUT2D eigenvalue weighted by Gasteiger charge is 2.16. The van der Waals surface area contributed by atoms with Gasteiger partial charge in [-0.2, -0.15) is 5.10 Å². The van der Waals surface area contributed by atoms with Crippen molar-refractivity contribution in [2.75, 3.05) is 13.3 Å². The summed E-state index contributed by atoms with van der Waals surface area (Å²) in [5.74, 6) is 0.847. The van der Waals surface area contributed by atoms with Crippen molar-refractivity contribution < 1.29 is 23.8 Å². The molecule has 4 rings (SSSR count). The molecule has 33 heavy (non-hydrogen) atoms. The first kappa shape index (κ1) is 22.3. The fourth-order valence-corrected chi connectivity index (χ4v) is 3.24. The summed E-state index contributed by atoms with van der Waals surface area (Å²) >= 11 is 3.41. The summed E-state index contributed by atoms with van der Waals surface area (Å²) in [7, 11) is 0. The quantitative estimate of drug-likeness (QED) is 0.356. The monoisotopic (exact) mass is 509 g/mol. The second-order valence-corrected chi connectivity index (χ2v) is 7.91. The van der Waals surface area contributed by atoms with Gasteiger partial charge in [-0.3, -0.25) is 9.59 Å². The Labute approximate surface area is 198 Å². The molecule has 2 N–H and O–H groups in total. The highest BCUT2D eigenvalue weighted by molar-refractivity contribution is 9.10. The molecule has 0 aliphatic carbocycles. The zero-order chi connectivity index (χ0) is 23.0. The van der Waals surface area contributed by atoms with Crippen molar-refractivity contribution in [3.63, 3.8) is 0 Å². The van der Waals surface area contributed by atoms with Gasteiger partial charge in [0, 0.05) is 15.6 Å². The van der Waals surface area contributed by atoms with Gasteiger partial charge >= 0.3 is 0 Å². The van der Waals surface area contributed by atoms with Crippen molar-refractivity contribution in [1.29, 1.82) is 0 Å². The lowest BCUT2D eigenvalue weighted by molar-refractivity contribution is -0.120. The number of fused-ring (bicyclic) bond motifs is 1. The third-order valence-electron chi connectivity index (χ3n) is 4.66. The Kier molecular flexibility index (Phi) is 7.21. The number of benzene rings is 3. The van der Waals surface area contributed by atoms with Gasteiger partial charge in [0.2, 0.25) is 6.79 Å². The molecule has 1 heterocycles. The number of carbonyl (C=O) groups excluding carboxylic acids is 2. The van der Waals surface area contributed by atoms with Gasteiger partial charge < -0.3 is 19.5 Å². The molecule has 0 radical (unpaired) electrons. The van der Waals surface area contributed by atoms with Crippen molar-refractivity contribution in [3.05, 3.63) is 87.9 Å². The number of hydrazone groups is 1. The second kappa shape index (κ2) is 10.6. The van der Waals surface area contributed by atoms with E-state index in [0.717, 1.165) is 10.0 Å². The van der Waals surface area contributed by atoms with Crippen LogP contribution in [0.2, 0.25) is 0 Å². The highest BCUT2D eigenvalue weighted by atomic mass is 79.9. The van der Waals surface area contributed by atoms with Gasteiger partial charge in [-0.25, -0.2) is 5.43 Å². The fourth-order valence-electron chi connectivity index (χ4n) is 2.97. The first-order valence-corrected chi connectivity index (χ1v) is 10.8. The van der Waals surface area contributed by atoms with Crippen LogP contribution in [0.4, 0.5) is 0 Å². The van der Waals surface area contributed by atoms with Crippen molar-refractivity contribution in [2.24, 2.45) is 5.10 Å². The largest absolute Gasteiger partial charge is 0.488 e. The minimum Gasteiger partial charge on any atom is -0.488 e. The molecule has 0 aromatic heterocycles. The summed E-state index contributed by atoms with van der Waals surface area (Å²) in [6.07, 6.45) is 1.49. The molecule has 0 saturated heterocycles. The molecule has 0 fully saturated rings. The van der Waals surface area contributed by atoms with Crippen molar-refractivity contribution in [3.8, 4) is 17.2 Å². The van der Waals surface area contributed by atoms with Crippen LogP contribution in [0.5, 0.6) is 17.2 Å². The SMILES string of the molecule is O=C(CNC(=O)c1ccc2c(c1)OCO2)N/N=C/c1ccccc1OCc1ccc(Br)cc1. The van der Waals surface area contributed by atoms with Crippen LogP contribution < -0.4 is 25.0 Å². The Morgan fingerprint density at radius 3 is 2.67 bits per heavy atom. The number of halogens is 1. The summed E-state index contributed by atoms with van der Waals surface area (Å²) in [6.45, 7) is 0.294. The molecule has 9 heteroatoms. The molecular weight excluding hydrogens is 490 g/mol. The summed E-state index contributed by atoms with van der Waals surface area (Å²) in [5.41, 5.74) is 4.50. The van der Waals surface area contributed by atoms with E-state index in [1.165, 1.54) is 6.21 Å². The van der Waals surface area contributed by atoms with Crippen molar-refractivity contribution >= 4 is 34.0 Å². The standard InChI is InChI=1S/C24H20BrN3O5/c25-19-8-5-16(6-9-19)14-31-20-4-2-1-3-18(20)12-27-28-23(29)13-26-24(30)17-7-10-21-22(11-17)33-15-32-21/h1-12H,13-15H2,(H,26,30)(H,28,29)/b27-12+. The van der Waals surface area contributed by atoms with E-state index in [2.05, 4.69) is 31.8 Å². The van der Waals surface area contributed by atoms with E-state index in [0.29, 0.717) is 35.0 Å². The number of ether oxygens (including phenoxy) is 3. The highest BCUT2D eigenvalue weighted by Crippen LogP contribution is 2.32. The van der Waals surface area contributed by atoms with E-state index >= 15 is 0 Å². The Morgan fingerprint density at radius 2 is 1.82 bits per heavy atom. The molecule has 1 aliphatic rings. The lowest BCUT2D eigenvalue weighted by Gasteiger charge is -2.09. The van der Waals surface area contributed by atoms with Crippen molar-refractivity contribution in [1.82, 2.24) is 10.7 Å². The zero-order valence-corrected chi connectivity index (χ0v) is 19.0. The van der Waals surface area contributed by atoms with Crippen LogP contribution in [0.3, 0.4) is 0 Å². The van der Waals surface area contributed by atoms with Crippen LogP contribution in [-0.4, -0.2) is 31.4 Å². The average molecular weight is 510 g/mol. The Hall–Kier alpha value is -3.85. The van der Waals surface area contributed by atoms with E-state index in [-0.39, 0.29) is 13.3 Å². The summed E-state index contributed by atoms with van der Waals surface area (Å²) < 4.78 is 17.4. The number of amides is 2. The second-order valence-electron chi connectivity index (χ2n) is 7.00. The molecule has 2 amide bonds. The van der Waals surface area contributed by atoms with E-state index in [1.54, 1.807) is 18.2 Å². The number of rotatable bonds is 8. The van der Waals surface area contributed by atoms with Crippen LogP contribution >= 0.6 is 15.9 Å². The van der Waals surface area contributed by atoms with E-state index in [4.69, 9.17) is 14.2 Å². The Morgan fingerprint density at radius 1 is 1.03 bits per heavy atom. The number of nitrogens with zero attached hydrogens (tertiary/aromatic N) is 1. The van der Waals surface area contributed by atoms with E-state index < -0.39 is 11.8 Å². The maximum Gasteiger partial charge on any atom is 0.259 e. The molecule has 8 nitrogen and oxygen atoms in total. The predicted molar refractivity (Wildman–Crippen MR) is 126 cm³/mol. The van der Waals surface area contributed by atoms with Gasteiger partial charge in [0.15, 0.2) is 11.5 Å². The molecule has 0 atom stereocenters. The van der Waals surface area contributed by atoms with E-state index in [1.807, 2.05) is 48.5 Å². The fraction of sp³-hybridized carbons (Fsp3) is 0.125. The third-order valence-corrected chi connectivity index (χ3v) is 5.19. The average Bonchev–Trinajstić information content (AvgIpc) is 3.31. The van der Waals surface area contributed by atoms with Crippen LogP contribution in [0.25, 0.3) is 0 Å². The van der Waals surface area contributed by atoms with Crippen LogP contribution in [0.15, 0.2) is 76.3 Å². The topological polar surface area (TPSA) is 98.3 Å². The van der Waals surface area contributed by atoms with Gasteiger partial charge in [-0.05, 0) is 48.0 Å². The molecule has 168 valence electrons. The lowest BCUT2D eigenvalue weighted by Crippen LogP contribution is -2.34. The minimum absolute atomic E-state index is 0.124. The lowest BCUT2D eigenvalue weighted by atomic mass is 10.2. The maximum atomic E-state index is 12.3. The molecule has 0 saturated carbocycles. The predicted octanol–water partition coefficient (Wildman–Crippen LogP) is 3.64. The maximum absolute atomic E-state index is 12.3. The smallest absolute Gasteiger partial charge is 0.259 e. The summed E-state index contributed by atoms with van der Waals surface area (Å²) in [4.78, 5) is 24.3. The normalized spacial score (nSPS) is 11.9. The first-order valence-electron chi connectivity index (χ1n) is 10.0.